The Morgan fingerprint density at radius 3 is 2.50 bits per heavy atom. The molecular weight excluding hydrogens is 270 g/mol. The Morgan fingerprint density at radius 1 is 1.25 bits per heavy atom. The van der Waals surface area contributed by atoms with Crippen LogP contribution in [0.5, 0.6) is 0 Å². The number of thiophene rings is 1. The summed E-state index contributed by atoms with van der Waals surface area (Å²) in [5, 5.41) is 4.28. The Kier molecular flexibility index (Phi) is 4.60. The minimum atomic E-state index is -0.383. The molecule has 2 heterocycles. The van der Waals surface area contributed by atoms with Crippen LogP contribution in [0.25, 0.3) is 10.2 Å². The highest BCUT2D eigenvalue weighted by Crippen LogP contribution is 2.35. The topological polar surface area (TPSA) is 47.0 Å². The Morgan fingerprint density at radius 2 is 1.95 bits per heavy atom. The lowest BCUT2D eigenvalue weighted by atomic mass is 9.96. The molecule has 0 radical (unpaired) electrons. The molecule has 0 fully saturated rings. The first-order valence-corrected chi connectivity index (χ1v) is 8.02. The smallest absolute Gasteiger partial charge is 0.164 e. The van der Waals surface area contributed by atoms with Crippen LogP contribution in [0, 0.1) is 6.92 Å². The van der Waals surface area contributed by atoms with Gasteiger partial charge in [0.25, 0.3) is 0 Å². The van der Waals surface area contributed by atoms with Crippen LogP contribution >= 0.6 is 11.3 Å². The summed E-state index contributed by atoms with van der Waals surface area (Å²) >= 11 is 1.70. The van der Waals surface area contributed by atoms with Crippen LogP contribution in [0.4, 0.5) is 5.82 Å². The van der Waals surface area contributed by atoms with Gasteiger partial charge in [-0.1, -0.05) is 13.8 Å². The number of nitrogens with one attached hydrogen (secondary N) is 1. The second kappa shape index (κ2) is 6.06. The van der Waals surface area contributed by atoms with Crippen molar-refractivity contribution in [1.29, 1.82) is 0 Å². The van der Waals surface area contributed by atoms with Gasteiger partial charge in [0, 0.05) is 18.5 Å². The first-order valence-electron chi connectivity index (χ1n) is 7.20. The monoisotopic (exact) mass is 293 g/mol. The van der Waals surface area contributed by atoms with Crippen LogP contribution in [0.2, 0.25) is 0 Å². The summed E-state index contributed by atoms with van der Waals surface area (Å²) in [6, 6.07) is 2.13. The van der Waals surface area contributed by atoms with Crippen molar-refractivity contribution < 1.29 is 4.74 Å². The molecule has 0 saturated carbocycles. The number of hydrogen-bond acceptors (Lipinski definition) is 5. The van der Waals surface area contributed by atoms with Crippen LogP contribution in [-0.4, -0.2) is 23.6 Å². The second-order valence-corrected chi connectivity index (χ2v) is 6.09. The van der Waals surface area contributed by atoms with Crippen LogP contribution < -0.4 is 5.32 Å². The molecule has 0 aromatic carbocycles. The maximum absolute atomic E-state index is 6.02. The molecule has 0 bridgehead atoms. The van der Waals surface area contributed by atoms with Crippen LogP contribution in [0.15, 0.2) is 6.07 Å². The van der Waals surface area contributed by atoms with Crippen LogP contribution in [0.3, 0.4) is 0 Å². The van der Waals surface area contributed by atoms with Crippen LogP contribution in [-0.2, 0) is 10.3 Å². The number of anilines is 1. The second-order valence-electron chi connectivity index (χ2n) is 4.86. The largest absolute Gasteiger partial charge is 0.372 e. The average molecular weight is 293 g/mol. The van der Waals surface area contributed by atoms with Crippen LogP contribution in [0.1, 0.15) is 44.3 Å². The third-order valence-corrected chi connectivity index (χ3v) is 4.67. The van der Waals surface area contributed by atoms with E-state index in [-0.39, 0.29) is 5.60 Å². The lowest BCUT2D eigenvalue weighted by molar-refractivity contribution is -0.0567. The number of aryl methyl sites for hydroxylation is 1. The standard InChI is InChI=1S/C15H23N3OS/c1-6-15(7-2,19-8-3)14-17-12(16-5)11-9-10(4)20-13(11)18-14/h9H,6-8H2,1-5H3,(H,16,17,18). The minimum Gasteiger partial charge on any atom is -0.372 e. The van der Waals surface area contributed by atoms with E-state index in [9.17, 15) is 0 Å². The van der Waals surface area contributed by atoms with Gasteiger partial charge in [0.05, 0.1) is 5.39 Å². The van der Waals surface area contributed by atoms with Gasteiger partial charge in [-0.15, -0.1) is 11.3 Å². The summed E-state index contributed by atoms with van der Waals surface area (Å²) in [7, 11) is 1.90. The zero-order chi connectivity index (χ0) is 14.8. The lowest BCUT2D eigenvalue weighted by Gasteiger charge is -2.30. The van der Waals surface area contributed by atoms with E-state index in [0.717, 1.165) is 34.7 Å². The van der Waals surface area contributed by atoms with Crippen molar-refractivity contribution in [3.8, 4) is 0 Å². The van der Waals surface area contributed by atoms with E-state index in [1.54, 1.807) is 11.3 Å². The molecule has 1 N–H and O–H groups in total. The Balaban J connectivity index is 2.63. The van der Waals surface area contributed by atoms with Crippen molar-refractivity contribution in [3.63, 3.8) is 0 Å². The van der Waals surface area contributed by atoms with Gasteiger partial charge in [0.2, 0.25) is 0 Å². The molecule has 2 aromatic heterocycles. The maximum atomic E-state index is 6.02. The normalized spacial score (nSPS) is 12.1. The minimum absolute atomic E-state index is 0.383. The molecule has 0 aliphatic carbocycles. The molecule has 0 amide bonds. The fourth-order valence-electron chi connectivity index (χ4n) is 2.55. The lowest BCUT2D eigenvalue weighted by Crippen LogP contribution is -2.31. The van der Waals surface area contributed by atoms with Gasteiger partial charge < -0.3 is 10.1 Å². The summed E-state index contributed by atoms with van der Waals surface area (Å²) in [5.74, 6) is 1.68. The van der Waals surface area contributed by atoms with E-state index in [4.69, 9.17) is 14.7 Å². The molecule has 0 unspecified atom stereocenters. The first-order chi connectivity index (χ1) is 9.60. The highest BCUT2D eigenvalue weighted by Gasteiger charge is 2.33. The highest BCUT2D eigenvalue weighted by molar-refractivity contribution is 7.18. The quantitative estimate of drug-likeness (QED) is 0.871. The van der Waals surface area contributed by atoms with E-state index in [1.165, 1.54) is 4.88 Å². The summed E-state index contributed by atoms with van der Waals surface area (Å²) in [5.41, 5.74) is -0.383. The van der Waals surface area contributed by atoms with Gasteiger partial charge in [-0.05, 0) is 32.8 Å². The molecule has 5 heteroatoms. The molecule has 0 aliphatic heterocycles. The third kappa shape index (κ3) is 2.52. The Bertz CT molecular complexity index is 590. The summed E-state index contributed by atoms with van der Waals surface area (Å²) in [6.07, 6.45) is 1.74. The number of rotatable bonds is 6. The number of fused-ring (bicyclic) bond motifs is 1. The van der Waals surface area contributed by atoms with Crippen molar-refractivity contribution in [2.75, 3.05) is 19.0 Å². The van der Waals surface area contributed by atoms with Crippen molar-refractivity contribution in [2.45, 2.75) is 46.1 Å². The van der Waals surface area contributed by atoms with E-state index in [0.29, 0.717) is 6.61 Å². The van der Waals surface area contributed by atoms with Crippen molar-refractivity contribution >= 4 is 27.4 Å². The number of aromatic nitrogens is 2. The molecule has 0 aliphatic rings. The summed E-state index contributed by atoms with van der Waals surface area (Å²) < 4.78 is 6.02. The zero-order valence-corrected chi connectivity index (χ0v) is 13.7. The van der Waals surface area contributed by atoms with Crippen molar-refractivity contribution in [1.82, 2.24) is 9.97 Å². The number of hydrogen-bond donors (Lipinski definition) is 1. The molecule has 20 heavy (non-hydrogen) atoms. The fourth-order valence-corrected chi connectivity index (χ4v) is 3.43. The first kappa shape index (κ1) is 15.2. The molecule has 0 saturated heterocycles. The number of nitrogens with zero attached hydrogens (tertiary/aromatic N) is 2. The maximum Gasteiger partial charge on any atom is 0.164 e. The molecular formula is C15H23N3OS. The van der Waals surface area contributed by atoms with Gasteiger partial charge in [-0.3, -0.25) is 0 Å². The van der Waals surface area contributed by atoms with Gasteiger partial charge in [0.1, 0.15) is 16.2 Å². The fraction of sp³-hybridized carbons (Fsp3) is 0.600. The SMILES string of the molecule is CCOC(CC)(CC)c1nc(NC)c2cc(C)sc2n1. The van der Waals surface area contributed by atoms with Gasteiger partial charge in [-0.2, -0.15) is 0 Å². The van der Waals surface area contributed by atoms with Gasteiger partial charge in [-0.25, -0.2) is 9.97 Å². The predicted octanol–water partition coefficient (Wildman–Crippen LogP) is 4.09. The van der Waals surface area contributed by atoms with Gasteiger partial charge in [0.15, 0.2) is 5.82 Å². The summed E-state index contributed by atoms with van der Waals surface area (Å²) in [4.78, 5) is 11.8. The Labute approximate surface area is 124 Å². The van der Waals surface area contributed by atoms with Gasteiger partial charge >= 0.3 is 0 Å². The third-order valence-electron chi connectivity index (χ3n) is 3.72. The molecule has 2 rings (SSSR count). The molecule has 2 aromatic rings. The van der Waals surface area contributed by atoms with E-state index in [2.05, 4.69) is 32.2 Å². The number of ether oxygens (including phenoxy) is 1. The summed E-state index contributed by atoms with van der Waals surface area (Å²) in [6.45, 7) is 9.05. The van der Waals surface area contributed by atoms with E-state index in [1.807, 2.05) is 14.0 Å². The average Bonchev–Trinajstić information content (AvgIpc) is 2.84. The van der Waals surface area contributed by atoms with Crippen molar-refractivity contribution in [2.24, 2.45) is 0 Å². The molecule has 110 valence electrons. The molecule has 0 spiro atoms. The van der Waals surface area contributed by atoms with E-state index < -0.39 is 0 Å². The zero-order valence-electron chi connectivity index (χ0n) is 12.9. The Hall–Kier alpha value is -1.20. The highest BCUT2D eigenvalue weighted by atomic mass is 32.1. The van der Waals surface area contributed by atoms with Crippen molar-refractivity contribution in [3.05, 3.63) is 16.8 Å². The molecule has 0 atom stereocenters. The van der Waals surface area contributed by atoms with E-state index >= 15 is 0 Å². The molecule has 4 nitrogen and oxygen atoms in total. The predicted molar refractivity (Wildman–Crippen MR) is 85.6 cm³/mol.